The van der Waals surface area contributed by atoms with Crippen molar-refractivity contribution >= 4 is 23.5 Å². The van der Waals surface area contributed by atoms with Crippen molar-refractivity contribution in [3.05, 3.63) is 23.9 Å². The SMILES string of the molecule is COC(=O)c1cccnc1NCC1(SC)CC1. The maximum atomic E-state index is 11.5. The molecule has 1 heterocycles. The first-order chi connectivity index (χ1) is 8.21. The second-order valence-corrected chi connectivity index (χ2v) is 5.41. The lowest BCUT2D eigenvalue weighted by molar-refractivity contribution is 0.0601. The first-order valence-electron chi connectivity index (χ1n) is 5.53. The molecule has 1 saturated carbocycles. The van der Waals surface area contributed by atoms with Gasteiger partial charge in [0.1, 0.15) is 11.4 Å². The molecule has 0 radical (unpaired) electrons. The van der Waals surface area contributed by atoms with Crippen LogP contribution in [0.3, 0.4) is 0 Å². The molecule has 0 spiro atoms. The number of carbonyl (C=O) groups is 1. The molecule has 2 rings (SSSR count). The molecule has 1 fully saturated rings. The van der Waals surface area contributed by atoms with Crippen molar-refractivity contribution in [1.82, 2.24) is 4.98 Å². The van der Waals surface area contributed by atoms with E-state index in [4.69, 9.17) is 4.74 Å². The normalized spacial score (nSPS) is 16.4. The van der Waals surface area contributed by atoms with Crippen LogP contribution in [0, 0.1) is 0 Å². The van der Waals surface area contributed by atoms with Gasteiger partial charge in [-0.1, -0.05) is 0 Å². The van der Waals surface area contributed by atoms with Crippen LogP contribution < -0.4 is 5.32 Å². The maximum Gasteiger partial charge on any atom is 0.341 e. The molecule has 1 aromatic heterocycles. The van der Waals surface area contributed by atoms with Gasteiger partial charge in [0, 0.05) is 17.5 Å². The lowest BCUT2D eigenvalue weighted by Crippen LogP contribution is -2.20. The average molecular weight is 252 g/mol. The molecule has 0 aliphatic heterocycles. The standard InChI is InChI=1S/C12H16N2O2S/c1-16-11(15)9-4-3-7-13-10(9)14-8-12(17-2)5-6-12/h3-4,7H,5-6,8H2,1-2H3,(H,13,14). The van der Waals surface area contributed by atoms with Crippen LogP contribution in [-0.4, -0.2) is 35.6 Å². The summed E-state index contributed by atoms with van der Waals surface area (Å²) in [5.41, 5.74) is 0.493. The van der Waals surface area contributed by atoms with E-state index in [9.17, 15) is 4.79 Å². The summed E-state index contributed by atoms with van der Waals surface area (Å²) in [5, 5.41) is 3.25. The molecule has 0 saturated heterocycles. The average Bonchev–Trinajstić information content (AvgIpc) is 3.16. The molecule has 1 N–H and O–H groups in total. The predicted molar refractivity (Wildman–Crippen MR) is 69.5 cm³/mol. The zero-order valence-corrected chi connectivity index (χ0v) is 10.8. The first kappa shape index (κ1) is 12.2. The predicted octanol–water partition coefficient (Wildman–Crippen LogP) is 2.18. The van der Waals surface area contributed by atoms with Gasteiger partial charge in [0.05, 0.1) is 7.11 Å². The number of hydrogen-bond donors (Lipinski definition) is 1. The molecule has 0 unspecified atom stereocenters. The number of thioether (sulfide) groups is 1. The number of hydrogen-bond acceptors (Lipinski definition) is 5. The van der Waals surface area contributed by atoms with Crippen LogP contribution in [-0.2, 0) is 4.74 Å². The summed E-state index contributed by atoms with van der Waals surface area (Å²) in [6.45, 7) is 0.842. The van der Waals surface area contributed by atoms with Crippen molar-refractivity contribution in [2.24, 2.45) is 0 Å². The highest BCUT2D eigenvalue weighted by Crippen LogP contribution is 2.47. The van der Waals surface area contributed by atoms with Gasteiger partial charge in [-0.25, -0.2) is 9.78 Å². The van der Waals surface area contributed by atoms with Crippen LogP contribution in [0.1, 0.15) is 23.2 Å². The third-order valence-electron chi connectivity index (χ3n) is 3.03. The van der Waals surface area contributed by atoms with Crippen LogP contribution in [0.15, 0.2) is 18.3 Å². The van der Waals surface area contributed by atoms with E-state index in [2.05, 4.69) is 16.6 Å². The van der Waals surface area contributed by atoms with Gasteiger partial charge in [-0.3, -0.25) is 0 Å². The summed E-state index contributed by atoms with van der Waals surface area (Å²) in [4.78, 5) is 15.7. The van der Waals surface area contributed by atoms with Crippen molar-refractivity contribution in [1.29, 1.82) is 0 Å². The number of methoxy groups -OCH3 is 1. The summed E-state index contributed by atoms with van der Waals surface area (Å²) in [5.74, 6) is 0.259. The topological polar surface area (TPSA) is 51.2 Å². The quantitative estimate of drug-likeness (QED) is 0.814. The van der Waals surface area contributed by atoms with Crippen LogP contribution >= 0.6 is 11.8 Å². The van der Waals surface area contributed by atoms with Crippen LogP contribution in [0.25, 0.3) is 0 Å². The molecule has 0 atom stereocenters. The minimum atomic E-state index is -0.352. The molecular weight excluding hydrogens is 236 g/mol. The Kier molecular flexibility index (Phi) is 3.57. The molecule has 1 aliphatic carbocycles. The Morgan fingerprint density at radius 1 is 1.65 bits per heavy atom. The van der Waals surface area contributed by atoms with E-state index in [0.717, 1.165) is 6.54 Å². The lowest BCUT2D eigenvalue weighted by Gasteiger charge is -2.15. The van der Waals surface area contributed by atoms with Crippen molar-refractivity contribution < 1.29 is 9.53 Å². The minimum Gasteiger partial charge on any atom is -0.465 e. The number of nitrogens with zero attached hydrogens (tertiary/aromatic N) is 1. The Hall–Kier alpha value is -1.23. The molecule has 4 nitrogen and oxygen atoms in total. The molecule has 1 aromatic rings. The Bertz CT molecular complexity index is 419. The molecule has 0 amide bonds. The number of esters is 1. The van der Waals surface area contributed by atoms with Gasteiger partial charge in [0.25, 0.3) is 0 Å². The Morgan fingerprint density at radius 3 is 3.00 bits per heavy atom. The number of rotatable bonds is 5. The number of anilines is 1. The second-order valence-electron chi connectivity index (χ2n) is 4.13. The summed E-state index contributed by atoms with van der Waals surface area (Å²) >= 11 is 1.87. The van der Waals surface area contributed by atoms with E-state index in [1.165, 1.54) is 20.0 Å². The van der Waals surface area contributed by atoms with E-state index >= 15 is 0 Å². The van der Waals surface area contributed by atoms with Crippen molar-refractivity contribution in [3.63, 3.8) is 0 Å². The van der Waals surface area contributed by atoms with E-state index in [0.29, 0.717) is 16.1 Å². The molecular formula is C12H16N2O2S. The third-order valence-corrected chi connectivity index (χ3v) is 4.45. The van der Waals surface area contributed by atoms with Crippen LogP contribution in [0.2, 0.25) is 0 Å². The lowest BCUT2D eigenvalue weighted by atomic mass is 10.2. The van der Waals surface area contributed by atoms with Crippen LogP contribution in [0.5, 0.6) is 0 Å². The molecule has 0 aromatic carbocycles. The fraction of sp³-hybridized carbons (Fsp3) is 0.500. The smallest absolute Gasteiger partial charge is 0.341 e. The highest BCUT2D eigenvalue weighted by atomic mass is 32.2. The Morgan fingerprint density at radius 2 is 2.41 bits per heavy atom. The largest absolute Gasteiger partial charge is 0.465 e. The fourth-order valence-corrected chi connectivity index (χ4v) is 2.38. The van der Waals surface area contributed by atoms with Gasteiger partial charge >= 0.3 is 5.97 Å². The van der Waals surface area contributed by atoms with Crippen molar-refractivity contribution in [2.75, 3.05) is 25.2 Å². The monoisotopic (exact) mass is 252 g/mol. The number of carbonyl (C=O) groups excluding carboxylic acids is 1. The van der Waals surface area contributed by atoms with Gasteiger partial charge in [-0.15, -0.1) is 0 Å². The fourth-order valence-electron chi connectivity index (χ4n) is 1.66. The zero-order valence-electron chi connectivity index (χ0n) is 10.0. The highest BCUT2D eigenvalue weighted by Gasteiger charge is 2.41. The minimum absolute atomic E-state index is 0.338. The molecule has 1 aliphatic rings. The van der Waals surface area contributed by atoms with E-state index in [1.807, 2.05) is 11.8 Å². The van der Waals surface area contributed by atoms with Crippen LogP contribution in [0.4, 0.5) is 5.82 Å². The molecule has 17 heavy (non-hydrogen) atoms. The Labute approximate surface area is 105 Å². The summed E-state index contributed by atoms with van der Waals surface area (Å²) < 4.78 is 5.06. The van der Waals surface area contributed by atoms with Gasteiger partial charge in [0.15, 0.2) is 0 Å². The first-order valence-corrected chi connectivity index (χ1v) is 6.75. The van der Waals surface area contributed by atoms with Gasteiger partial charge in [0.2, 0.25) is 0 Å². The maximum absolute atomic E-state index is 11.5. The third kappa shape index (κ3) is 2.72. The van der Waals surface area contributed by atoms with Gasteiger partial charge in [-0.05, 0) is 31.2 Å². The molecule has 5 heteroatoms. The van der Waals surface area contributed by atoms with Gasteiger partial charge in [-0.2, -0.15) is 11.8 Å². The van der Waals surface area contributed by atoms with Crippen molar-refractivity contribution in [3.8, 4) is 0 Å². The summed E-state index contributed by atoms with van der Waals surface area (Å²) in [7, 11) is 1.38. The van der Waals surface area contributed by atoms with Crippen molar-refractivity contribution in [2.45, 2.75) is 17.6 Å². The number of pyridine rings is 1. The van der Waals surface area contributed by atoms with E-state index in [1.54, 1.807) is 18.3 Å². The molecule has 92 valence electrons. The van der Waals surface area contributed by atoms with E-state index < -0.39 is 0 Å². The molecule has 0 bridgehead atoms. The highest BCUT2D eigenvalue weighted by molar-refractivity contribution is 8.00. The number of ether oxygens (including phenoxy) is 1. The number of aromatic nitrogens is 1. The number of nitrogens with one attached hydrogen (secondary N) is 1. The Balaban J connectivity index is 2.07. The zero-order chi connectivity index (χ0) is 12.3. The second kappa shape index (κ2) is 4.96. The van der Waals surface area contributed by atoms with Gasteiger partial charge < -0.3 is 10.1 Å². The summed E-state index contributed by atoms with van der Waals surface area (Å²) in [6.07, 6.45) is 6.24. The van der Waals surface area contributed by atoms with E-state index in [-0.39, 0.29) is 5.97 Å². The summed E-state index contributed by atoms with van der Waals surface area (Å²) in [6, 6.07) is 3.46.